The summed E-state index contributed by atoms with van der Waals surface area (Å²) in [7, 11) is 0. The van der Waals surface area contributed by atoms with Crippen LogP contribution in [0.25, 0.3) is 0 Å². The first-order chi connectivity index (χ1) is 17.7. The molecule has 3 aromatic rings. The molecule has 0 amide bonds. The summed E-state index contributed by atoms with van der Waals surface area (Å²) in [5.74, 6) is 0.864. The first kappa shape index (κ1) is 29.0. The van der Waals surface area contributed by atoms with Crippen LogP contribution in [0.15, 0.2) is 66.7 Å². The third kappa shape index (κ3) is 7.95. The molecule has 5 nitrogen and oxygen atoms in total. The highest BCUT2D eigenvalue weighted by Crippen LogP contribution is 2.40. The molecule has 1 aliphatic carbocycles. The zero-order chi connectivity index (χ0) is 28.1. The summed E-state index contributed by atoms with van der Waals surface area (Å²) in [5.41, 5.74) is 2.81. The molecule has 0 unspecified atom stereocenters. The molecule has 0 aliphatic heterocycles. The largest absolute Gasteiger partial charge is 0.508 e. The molecule has 1 fully saturated rings. The molecule has 202 valence electrons. The number of esters is 2. The smallest absolute Gasteiger partial charge is 0.343 e. The predicted octanol–water partition coefficient (Wildman–Crippen LogP) is 8.27. The molecule has 0 radical (unpaired) electrons. The maximum absolute atomic E-state index is 12.6. The second-order valence-corrected chi connectivity index (χ2v) is 12.1. The quantitative estimate of drug-likeness (QED) is 0.279. The minimum Gasteiger partial charge on any atom is -0.508 e. The van der Waals surface area contributed by atoms with Gasteiger partial charge in [0.15, 0.2) is 0 Å². The molecule has 5 heteroatoms. The van der Waals surface area contributed by atoms with E-state index in [9.17, 15) is 14.7 Å². The van der Waals surface area contributed by atoms with Crippen LogP contribution >= 0.6 is 0 Å². The monoisotopic (exact) mass is 516 g/mol. The molecule has 1 aliphatic rings. The van der Waals surface area contributed by atoms with Gasteiger partial charge in [0.25, 0.3) is 0 Å². The number of phenolic OH excluding ortho intramolecular Hbond substituents is 1. The summed E-state index contributed by atoms with van der Waals surface area (Å²) in [5, 5.41) is 9.36. The Balaban J connectivity index is 0.000000427. The third-order valence-electron chi connectivity index (χ3n) is 6.89. The van der Waals surface area contributed by atoms with Gasteiger partial charge < -0.3 is 14.6 Å². The normalized spacial score (nSPS) is 13.6. The molecular weight excluding hydrogens is 476 g/mol. The first-order valence-corrected chi connectivity index (χ1v) is 13.2. The number of hydrogen-bond acceptors (Lipinski definition) is 5. The summed E-state index contributed by atoms with van der Waals surface area (Å²) in [6, 6.07) is 17.9. The Labute approximate surface area is 226 Å². The van der Waals surface area contributed by atoms with Gasteiger partial charge in [0.1, 0.15) is 17.2 Å². The van der Waals surface area contributed by atoms with Crippen molar-refractivity contribution < 1.29 is 24.2 Å². The van der Waals surface area contributed by atoms with E-state index in [2.05, 4.69) is 20.8 Å². The van der Waals surface area contributed by atoms with Crippen molar-refractivity contribution in [1.29, 1.82) is 0 Å². The van der Waals surface area contributed by atoms with Gasteiger partial charge >= 0.3 is 11.9 Å². The van der Waals surface area contributed by atoms with E-state index in [4.69, 9.17) is 9.47 Å². The number of rotatable bonds is 4. The van der Waals surface area contributed by atoms with Gasteiger partial charge in [0.05, 0.1) is 11.1 Å². The molecular formula is C33H40O5. The predicted molar refractivity (Wildman–Crippen MR) is 151 cm³/mol. The van der Waals surface area contributed by atoms with E-state index < -0.39 is 11.9 Å². The van der Waals surface area contributed by atoms with Crippen molar-refractivity contribution in [3.05, 3.63) is 89.0 Å². The summed E-state index contributed by atoms with van der Waals surface area (Å²) in [6.45, 7) is 14.9. The van der Waals surface area contributed by atoms with Crippen LogP contribution in [0.1, 0.15) is 92.6 Å². The Morgan fingerprint density at radius 2 is 1.29 bits per heavy atom. The molecule has 0 aromatic heterocycles. The summed E-state index contributed by atoms with van der Waals surface area (Å²) < 4.78 is 11.1. The Morgan fingerprint density at radius 1 is 0.763 bits per heavy atom. The SMILES string of the molecule is CC(C)(C)C1CCC1.Cc1ccc(C(=O)Oc2ccc(OC(=O)c3ccc(O)cc3)cc2C(C)(C)C)cc1. The number of ether oxygens (including phenoxy) is 2. The van der Waals surface area contributed by atoms with Gasteiger partial charge in [-0.1, -0.05) is 65.7 Å². The maximum Gasteiger partial charge on any atom is 0.343 e. The number of carbonyl (C=O) groups excluding carboxylic acids is 2. The van der Waals surface area contributed by atoms with Crippen LogP contribution in [0.5, 0.6) is 17.2 Å². The van der Waals surface area contributed by atoms with Crippen molar-refractivity contribution in [3.8, 4) is 17.2 Å². The molecule has 1 saturated carbocycles. The molecule has 0 heterocycles. The molecule has 0 spiro atoms. The Morgan fingerprint density at radius 3 is 1.74 bits per heavy atom. The van der Waals surface area contributed by atoms with E-state index in [0.29, 0.717) is 28.0 Å². The van der Waals surface area contributed by atoms with Crippen molar-refractivity contribution in [2.75, 3.05) is 0 Å². The highest BCUT2D eigenvalue weighted by Gasteiger charge is 2.29. The van der Waals surface area contributed by atoms with Crippen LogP contribution in [-0.4, -0.2) is 17.0 Å². The Hall–Kier alpha value is -3.60. The van der Waals surface area contributed by atoms with Gasteiger partial charge in [-0.3, -0.25) is 0 Å². The standard InChI is InChI=1S/C25H24O5.C8H16/c1-16-5-7-17(8-6-16)24(28)30-22-14-13-20(15-21(22)25(2,3)4)29-23(27)18-9-11-19(26)12-10-18;1-8(2,3)7-5-4-6-7/h5-15,26H,1-4H3;7H,4-6H2,1-3H3. The van der Waals surface area contributed by atoms with E-state index in [1.807, 2.05) is 39.8 Å². The lowest BCUT2D eigenvalue weighted by Crippen LogP contribution is -2.26. The molecule has 0 atom stereocenters. The van der Waals surface area contributed by atoms with Gasteiger partial charge in [0, 0.05) is 5.56 Å². The van der Waals surface area contributed by atoms with E-state index >= 15 is 0 Å². The van der Waals surface area contributed by atoms with Crippen LogP contribution in [0.3, 0.4) is 0 Å². The lowest BCUT2D eigenvalue weighted by atomic mass is 9.69. The maximum atomic E-state index is 12.6. The fourth-order valence-electron chi connectivity index (χ4n) is 4.13. The number of benzene rings is 3. The first-order valence-electron chi connectivity index (χ1n) is 13.2. The zero-order valence-corrected chi connectivity index (χ0v) is 23.6. The molecule has 3 aromatic carbocycles. The minimum atomic E-state index is -0.542. The van der Waals surface area contributed by atoms with E-state index in [1.54, 1.807) is 30.3 Å². The average Bonchev–Trinajstić information content (AvgIpc) is 2.78. The summed E-state index contributed by atoms with van der Waals surface area (Å²) >= 11 is 0. The topological polar surface area (TPSA) is 72.8 Å². The van der Waals surface area contributed by atoms with Gasteiger partial charge in [-0.25, -0.2) is 9.59 Å². The number of aryl methyl sites for hydroxylation is 1. The Bertz CT molecular complexity index is 1240. The molecule has 0 bridgehead atoms. The fraction of sp³-hybridized carbons (Fsp3) is 0.394. The van der Waals surface area contributed by atoms with Crippen LogP contribution in [0.2, 0.25) is 0 Å². The van der Waals surface area contributed by atoms with Crippen molar-refractivity contribution in [1.82, 2.24) is 0 Å². The van der Waals surface area contributed by atoms with Crippen LogP contribution in [-0.2, 0) is 5.41 Å². The Kier molecular flexibility index (Phi) is 9.03. The summed E-state index contributed by atoms with van der Waals surface area (Å²) in [4.78, 5) is 24.9. The van der Waals surface area contributed by atoms with Gasteiger partial charge in [-0.15, -0.1) is 0 Å². The van der Waals surface area contributed by atoms with Gasteiger partial charge in [-0.05, 0) is 91.1 Å². The van der Waals surface area contributed by atoms with Crippen molar-refractivity contribution in [2.45, 2.75) is 73.1 Å². The second kappa shape index (κ2) is 11.8. The number of carbonyl (C=O) groups is 2. The van der Waals surface area contributed by atoms with E-state index in [1.165, 1.54) is 43.5 Å². The fourth-order valence-corrected chi connectivity index (χ4v) is 4.13. The second-order valence-electron chi connectivity index (χ2n) is 12.1. The van der Waals surface area contributed by atoms with E-state index in [-0.39, 0.29) is 11.2 Å². The number of hydrogen-bond donors (Lipinski definition) is 1. The van der Waals surface area contributed by atoms with Gasteiger partial charge in [0.2, 0.25) is 0 Å². The lowest BCUT2D eigenvalue weighted by Gasteiger charge is -2.37. The van der Waals surface area contributed by atoms with Crippen molar-refractivity contribution in [3.63, 3.8) is 0 Å². The van der Waals surface area contributed by atoms with Crippen LogP contribution in [0, 0.1) is 18.3 Å². The van der Waals surface area contributed by atoms with Crippen LogP contribution < -0.4 is 9.47 Å². The lowest BCUT2D eigenvalue weighted by molar-refractivity contribution is 0.0716. The molecule has 4 rings (SSSR count). The molecule has 0 saturated heterocycles. The number of aromatic hydroxyl groups is 1. The van der Waals surface area contributed by atoms with Crippen molar-refractivity contribution in [2.24, 2.45) is 11.3 Å². The molecule has 38 heavy (non-hydrogen) atoms. The highest BCUT2D eigenvalue weighted by atomic mass is 16.5. The van der Waals surface area contributed by atoms with Gasteiger partial charge in [-0.2, -0.15) is 0 Å². The minimum absolute atomic E-state index is 0.0707. The van der Waals surface area contributed by atoms with E-state index in [0.717, 1.165) is 17.0 Å². The summed E-state index contributed by atoms with van der Waals surface area (Å²) in [6.07, 6.45) is 4.43. The van der Waals surface area contributed by atoms with Crippen molar-refractivity contribution >= 4 is 11.9 Å². The highest BCUT2D eigenvalue weighted by molar-refractivity contribution is 5.92. The molecule has 1 N–H and O–H groups in total. The van der Waals surface area contributed by atoms with Crippen LogP contribution in [0.4, 0.5) is 0 Å². The number of phenols is 1. The zero-order valence-electron chi connectivity index (χ0n) is 23.6. The average molecular weight is 517 g/mol. The third-order valence-corrected chi connectivity index (χ3v) is 6.89.